The molecule has 6 nitrogen and oxygen atoms in total. The molecule has 1 spiro atoms. The maximum absolute atomic E-state index is 13.9. The number of carbonyl (C=O) groups is 4. The van der Waals surface area contributed by atoms with Crippen LogP contribution in [0.15, 0.2) is 66.7 Å². The zero-order chi connectivity index (χ0) is 24.6. The van der Waals surface area contributed by atoms with Crippen LogP contribution < -0.4 is 4.90 Å². The van der Waals surface area contributed by atoms with Crippen molar-refractivity contribution in [3.05, 3.63) is 99.0 Å². The van der Waals surface area contributed by atoms with Crippen molar-refractivity contribution in [1.29, 1.82) is 0 Å². The van der Waals surface area contributed by atoms with Crippen LogP contribution in [0.5, 0.6) is 0 Å². The normalized spacial score (nSPS) is 24.4. The van der Waals surface area contributed by atoms with Crippen LogP contribution in [0.4, 0.5) is 5.69 Å². The fourth-order valence-corrected chi connectivity index (χ4v) is 5.85. The van der Waals surface area contributed by atoms with Crippen LogP contribution in [0.3, 0.4) is 0 Å². The quantitative estimate of drug-likeness (QED) is 0.361. The smallest absolute Gasteiger partial charge is 0.241 e. The Morgan fingerprint density at radius 1 is 0.829 bits per heavy atom. The molecule has 0 radical (unpaired) electrons. The van der Waals surface area contributed by atoms with Gasteiger partial charge in [-0.3, -0.25) is 19.2 Å². The largest absolute Gasteiger partial charge is 0.349 e. The number of Topliss-reactive ketones (excluding diaryl/α,β-unsaturated/α-hetero) is 2. The van der Waals surface area contributed by atoms with Crippen molar-refractivity contribution in [2.45, 2.75) is 18.6 Å². The number of fused-ring (bicyclic) bond motifs is 3. The number of hydrogen-bond acceptors (Lipinski definition) is 5. The zero-order valence-electron chi connectivity index (χ0n) is 18.3. The minimum atomic E-state index is -2.13. The molecule has 2 aliphatic heterocycles. The predicted octanol–water partition coefficient (Wildman–Crippen LogP) is 5.00. The van der Waals surface area contributed by atoms with E-state index in [1.807, 2.05) is 0 Å². The van der Waals surface area contributed by atoms with E-state index in [4.69, 9.17) is 27.9 Å². The number of ether oxygens (including phenoxy) is 1. The summed E-state index contributed by atoms with van der Waals surface area (Å²) in [5.41, 5.74) is -0.202. The van der Waals surface area contributed by atoms with Gasteiger partial charge in [0.15, 0.2) is 0 Å². The minimum absolute atomic E-state index is 0.181. The van der Waals surface area contributed by atoms with E-state index in [0.717, 1.165) is 10.5 Å². The van der Waals surface area contributed by atoms with Crippen molar-refractivity contribution >= 4 is 52.3 Å². The first-order valence-electron chi connectivity index (χ1n) is 11.0. The minimum Gasteiger partial charge on any atom is -0.349 e. The fraction of sp³-hybridized carbons (Fsp3) is 0.185. The van der Waals surface area contributed by atoms with Crippen molar-refractivity contribution in [3.63, 3.8) is 0 Å². The van der Waals surface area contributed by atoms with Gasteiger partial charge in [-0.1, -0.05) is 65.7 Å². The lowest BCUT2D eigenvalue weighted by Gasteiger charge is -2.27. The molecule has 3 aromatic rings. The van der Waals surface area contributed by atoms with Crippen LogP contribution in [0.1, 0.15) is 37.9 Å². The number of rotatable bonds is 2. The highest BCUT2D eigenvalue weighted by molar-refractivity contribution is 6.37. The number of amides is 2. The predicted molar refractivity (Wildman–Crippen MR) is 129 cm³/mol. The highest BCUT2D eigenvalue weighted by Crippen LogP contribution is 2.57. The molecular weight excluding hydrogens is 489 g/mol. The molecule has 0 saturated carbocycles. The first kappa shape index (κ1) is 22.2. The number of carbonyl (C=O) groups excluding carboxylic acids is 4. The monoisotopic (exact) mass is 505 g/mol. The number of nitrogens with zero attached hydrogens (tertiary/aromatic N) is 1. The third-order valence-electron chi connectivity index (χ3n) is 7.11. The van der Waals surface area contributed by atoms with Gasteiger partial charge in [-0.2, -0.15) is 0 Å². The third-order valence-corrected chi connectivity index (χ3v) is 7.75. The summed E-state index contributed by atoms with van der Waals surface area (Å²) in [4.78, 5) is 56.2. The summed E-state index contributed by atoms with van der Waals surface area (Å²) in [6.07, 6.45) is -1.02. The Hall–Kier alpha value is -3.32. The summed E-state index contributed by atoms with van der Waals surface area (Å²) in [6.45, 7) is 1.81. The molecule has 8 heteroatoms. The van der Waals surface area contributed by atoms with Crippen LogP contribution in [0.25, 0.3) is 0 Å². The molecule has 2 heterocycles. The van der Waals surface area contributed by atoms with E-state index in [2.05, 4.69) is 0 Å². The van der Waals surface area contributed by atoms with Gasteiger partial charge in [0.1, 0.15) is 0 Å². The van der Waals surface area contributed by atoms with E-state index in [1.54, 1.807) is 55.5 Å². The molecule has 3 aromatic carbocycles. The molecule has 6 rings (SSSR count). The lowest BCUT2D eigenvalue weighted by molar-refractivity contribution is -0.127. The highest BCUT2D eigenvalue weighted by atomic mass is 35.5. The Kier molecular flexibility index (Phi) is 4.81. The Balaban J connectivity index is 1.55. The number of benzene rings is 3. The van der Waals surface area contributed by atoms with Crippen LogP contribution in [-0.2, 0) is 14.3 Å². The van der Waals surface area contributed by atoms with E-state index in [1.165, 1.54) is 18.2 Å². The van der Waals surface area contributed by atoms with Crippen molar-refractivity contribution in [1.82, 2.24) is 0 Å². The molecular formula is C27H17Cl2NO5. The van der Waals surface area contributed by atoms with Gasteiger partial charge >= 0.3 is 0 Å². The molecule has 3 atom stereocenters. The Bertz CT molecular complexity index is 1450. The van der Waals surface area contributed by atoms with Gasteiger partial charge in [-0.05, 0) is 42.3 Å². The molecule has 1 aliphatic carbocycles. The molecule has 0 unspecified atom stereocenters. The van der Waals surface area contributed by atoms with Crippen molar-refractivity contribution in [2.24, 2.45) is 11.8 Å². The van der Waals surface area contributed by atoms with Gasteiger partial charge in [0.05, 0.1) is 23.6 Å². The number of aryl methyl sites for hydroxylation is 1. The topological polar surface area (TPSA) is 80.8 Å². The Labute approximate surface area is 210 Å². The summed E-state index contributed by atoms with van der Waals surface area (Å²) in [6, 6.07) is 17.9. The van der Waals surface area contributed by atoms with Crippen molar-refractivity contribution in [3.8, 4) is 0 Å². The number of hydrogen-bond donors (Lipinski definition) is 0. The molecule has 0 aromatic heterocycles. The second-order valence-corrected chi connectivity index (χ2v) is 9.83. The second-order valence-electron chi connectivity index (χ2n) is 8.98. The van der Waals surface area contributed by atoms with Gasteiger partial charge in [-0.25, -0.2) is 4.90 Å². The van der Waals surface area contributed by atoms with Crippen LogP contribution in [0, 0.1) is 18.8 Å². The second kappa shape index (κ2) is 7.59. The maximum atomic E-state index is 13.9. The summed E-state index contributed by atoms with van der Waals surface area (Å²) < 4.78 is 6.24. The van der Waals surface area contributed by atoms with Crippen LogP contribution >= 0.6 is 23.2 Å². The van der Waals surface area contributed by atoms with Gasteiger partial charge in [0, 0.05) is 21.2 Å². The Morgan fingerprint density at radius 3 is 2.14 bits per heavy atom. The average molecular weight is 506 g/mol. The van der Waals surface area contributed by atoms with E-state index < -0.39 is 46.9 Å². The lowest BCUT2D eigenvalue weighted by Crippen LogP contribution is -2.51. The summed E-state index contributed by atoms with van der Waals surface area (Å²) in [7, 11) is 0. The van der Waals surface area contributed by atoms with Crippen molar-refractivity contribution < 1.29 is 23.9 Å². The molecule has 2 amide bonds. The van der Waals surface area contributed by atoms with E-state index in [-0.39, 0.29) is 16.8 Å². The zero-order valence-corrected chi connectivity index (χ0v) is 19.8. The van der Waals surface area contributed by atoms with Gasteiger partial charge in [-0.15, -0.1) is 0 Å². The highest BCUT2D eigenvalue weighted by Gasteiger charge is 2.74. The fourth-order valence-electron chi connectivity index (χ4n) is 5.48. The van der Waals surface area contributed by atoms with Gasteiger partial charge in [0.2, 0.25) is 29.0 Å². The number of ketones is 2. The molecule has 2 fully saturated rings. The SMILES string of the molecule is Cc1ccc(N2C(=O)[C@@H]3[C@H](c4cccc(Cl)c4)OC4(C(=O)c5ccccc5C4=O)[C@H]3C2=O)cc1Cl. The number of imide groups is 1. The van der Waals surface area contributed by atoms with Crippen molar-refractivity contribution in [2.75, 3.05) is 4.90 Å². The molecule has 2 saturated heterocycles. The summed E-state index contributed by atoms with van der Waals surface area (Å²) >= 11 is 12.5. The molecule has 0 N–H and O–H groups in total. The van der Waals surface area contributed by atoms with E-state index in [9.17, 15) is 19.2 Å². The first-order valence-corrected chi connectivity index (χ1v) is 11.8. The van der Waals surface area contributed by atoms with E-state index in [0.29, 0.717) is 15.6 Å². The standard InChI is InChI=1S/C27H17Cl2NO5/c1-13-9-10-16(12-19(13)29)30-25(33)20-21(26(30)34)27(35-22(20)14-5-4-6-15(28)11-14)23(31)17-7-2-3-8-18(17)24(27)32/h2-12,20-22H,1H3/t20-,21+,22-/m0/s1. The summed E-state index contributed by atoms with van der Waals surface area (Å²) in [5.74, 6) is -4.86. The molecule has 3 aliphatic rings. The number of halogens is 2. The molecule has 35 heavy (non-hydrogen) atoms. The average Bonchev–Trinajstić information content (AvgIpc) is 3.41. The Morgan fingerprint density at radius 2 is 1.51 bits per heavy atom. The third kappa shape index (κ3) is 2.88. The number of anilines is 1. The van der Waals surface area contributed by atoms with E-state index >= 15 is 0 Å². The van der Waals surface area contributed by atoms with Crippen LogP contribution in [0.2, 0.25) is 10.0 Å². The lowest BCUT2D eigenvalue weighted by atomic mass is 9.77. The van der Waals surface area contributed by atoms with Gasteiger partial charge in [0.25, 0.3) is 0 Å². The molecule has 0 bridgehead atoms. The van der Waals surface area contributed by atoms with Crippen LogP contribution in [-0.4, -0.2) is 29.0 Å². The molecule has 174 valence electrons. The maximum Gasteiger partial charge on any atom is 0.241 e. The summed E-state index contributed by atoms with van der Waals surface area (Å²) in [5, 5.41) is 0.785. The van der Waals surface area contributed by atoms with Gasteiger partial charge < -0.3 is 4.74 Å². The first-order chi connectivity index (χ1) is 16.8.